The van der Waals surface area contributed by atoms with Gasteiger partial charge in [-0.1, -0.05) is 72.3 Å². The quantitative estimate of drug-likeness (QED) is 0.233. The van der Waals surface area contributed by atoms with Gasteiger partial charge in [0, 0.05) is 11.1 Å². The number of fused-ring (bicyclic) bond motifs is 2. The zero-order valence-corrected chi connectivity index (χ0v) is 15.5. The highest BCUT2D eigenvalue weighted by molar-refractivity contribution is 6.30. The fourth-order valence-corrected chi connectivity index (χ4v) is 3.61. The Balaban J connectivity index is 2.12. The van der Waals surface area contributed by atoms with Crippen LogP contribution in [0.15, 0.2) is 78.9 Å². The Morgan fingerprint density at radius 1 is 0.815 bits per heavy atom. The Morgan fingerprint density at radius 2 is 1.33 bits per heavy atom. The van der Waals surface area contributed by atoms with Gasteiger partial charge < -0.3 is 4.74 Å². The number of hydrogen-bond donors (Lipinski definition) is 0. The Morgan fingerprint density at radius 3 is 1.85 bits per heavy atom. The van der Waals surface area contributed by atoms with Gasteiger partial charge in [-0.3, -0.25) is 0 Å². The molecule has 0 amide bonds. The maximum Gasteiger partial charge on any atom is 0.330 e. The van der Waals surface area contributed by atoms with Crippen molar-refractivity contribution in [2.45, 2.75) is 0 Å². The van der Waals surface area contributed by atoms with E-state index in [9.17, 15) is 4.79 Å². The lowest BCUT2D eigenvalue weighted by atomic mass is 9.88. The van der Waals surface area contributed by atoms with Crippen LogP contribution in [0.3, 0.4) is 0 Å². The molecule has 0 N–H and O–H groups in total. The third kappa shape index (κ3) is 3.20. The molecule has 0 bridgehead atoms. The van der Waals surface area contributed by atoms with Crippen molar-refractivity contribution in [3.8, 4) is 11.1 Å². The van der Waals surface area contributed by atoms with Gasteiger partial charge in [-0.05, 0) is 56.4 Å². The Kier molecular flexibility index (Phi) is 4.66. The van der Waals surface area contributed by atoms with Crippen molar-refractivity contribution >= 4 is 45.2 Å². The number of hydrogen-bond acceptors (Lipinski definition) is 2. The average Bonchev–Trinajstić information content (AvgIpc) is 2.71. The first-order valence-corrected chi connectivity index (χ1v) is 9.02. The molecule has 2 nitrogen and oxygen atoms in total. The maximum absolute atomic E-state index is 11.7. The predicted octanol–water partition coefficient (Wildman–Crippen LogP) is 6.50. The highest BCUT2D eigenvalue weighted by Gasteiger charge is 2.13. The normalized spacial score (nSPS) is 11.3. The summed E-state index contributed by atoms with van der Waals surface area (Å²) in [5.41, 5.74) is 3.27. The fourth-order valence-electron chi connectivity index (χ4n) is 3.49. The molecule has 0 aliphatic carbocycles. The zero-order valence-electron chi connectivity index (χ0n) is 14.8. The maximum atomic E-state index is 11.7. The van der Waals surface area contributed by atoms with Crippen LogP contribution in [0.2, 0.25) is 5.02 Å². The second kappa shape index (κ2) is 7.26. The van der Waals surface area contributed by atoms with Crippen LogP contribution in [0.5, 0.6) is 0 Å². The summed E-state index contributed by atoms with van der Waals surface area (Å²) in [6.45, 7) is 0. The summed E-state index contributed by atoms with van der Waals surface area (Å²) in [5.74, 6) is -0.370. The molecule has 4 aromatic rings. The first-order chi connectivity index (χ1) is 13.2. The van der Waals surface area contributed by atoms with Crippen LogP contribution >= 0.6 is 11.6 Å². The van der Waals surface area contributed by atoms with E-state index in [1.54, 1.807) is 0 Å². The number of carbonyl (C=O) groups excluding carboxylic acids is 1. The molecule has 0 radical (unpaired) electrons. The second-order valence-corrected chi connectivity index (χ2v) is 6.68. The van der Waals surface area contributed by atoms with E-state index in [1.165, 1.54) is 13.2 Å². The minimum atomic E-state index is -0.370. The monoisotopic (exact) mass is 372 g/mol. The third-order valence-corrected chi connectivity index (χ3v) is 4.95. The van der Waals surface area contributed by atoms with Crippen molar-refractivity contribution < 1.29 is 9.53 Å². The predicted molar refractivity (Wildman–Crippen MR) is 113 cm³/mol. The van der Waals surface area contributed by atoms with Gasteiger partial charge in [0.1, 0.15) is 0 Å². The van der Waals surface area contributed by atoms with Crippen LogP contribution in [-0.2, 0) is 9.53 Å². The van der Waals surface area contributed by atoms with Gasteiger partial charge in [0.2, 0.25) is 0 Å². The summed E-state index contributed by atoms with van der Waals surface area (Å²) >= 11 is 6.09. The van der Waals surface area contributed by atoms with Crippen molar-refractivity contribution in [2.24, 2.45) is 0 Å². The van der Waals surface area contributed by atoms with E-state index in [1.807, 2.05) is 54.6 Å². The highest BCUT2D eigenvalue weighted by atomic mass is 35.5. The molecular weight excluding hydrogens is 356 g/mol. The van der Waals surface area contributed by atoms with Crippen LogP contribution in [0.25, 0.3) is 38.7 Å². The minimum absolute atomic E-state index is 0.370. The summed E-state index contributed by atoms with van der Waals surface area (Å²) in [6.07, 6.45) is 3.30. The molecule has 4 rings (SSSR count). The Hall–Kier alpha value is -3.10. The topological polar surface area (TPSA) is 26.3 Å². The number of halogens is 1. The Bertz CT molecular complexity index is 1120. The molecule has 0 saturated carbocycles. The van der Waals surface area contributed by atoms with Crippen molar-refractivity contribution in [1.82, 2.24) is 0 Å². The number of esters is 1. The van der Waals surface area contributed by atoms with E-state index in [0.717, 1.165) is 38.2 Å². The molecule has 4 aromatic carbocycles. The lowest BCUT2D eigenvalue weighted by molar-refractivity contribution is -0.134. The van der Waals surface area contributed by atoms with E-state index >= 15 is 0 Å². The molecule has 0 aromatic heterocycles. The molecule has 0 spiro atoms. The van der Waals surface area contributed by atoms with Crippen molar-refractivity contribution in [3.05, 3.63) is 89.5 Å². The lowest BCUT2D eigenvalue weighted by Gasteiger charge is -2.15. The first-order valence-electron chi connectivity index (χ1n) is 8.64. The smallest absolute Gasteiger partial charge is 0.330 e. The third-order valence-electron chi connectivity index (χ3n) is 4.69. The largest absolute Gasteiger partial charge is 0.466 e. The standard InChI is InChI=1S/C24H17ClO2/c1-27-23(26)15-14-20-18-6-2-4-8-21(18)24(16-10-12-17(25)13-11-16)22-9-5-3-7-19(20)22/h2-15H,1H3/b15-14+. The van der Waals surface area contributed by atoms with Crippen LogP contribution in [0.1, 0.15) is 5.56 Å². The molecule has 0 aliphatic rings. The van der Waals surface area contributed by atoms with Gasteiger partial charge in [-0.25, -0.2) is 4.79 Å². The zero-order chi connectivity index (χ0) is 18.8. The van der Waals surface area contributed by atoms with E-state index in [0.29, 0.717) is 5.02 Å². The van der Waals surface area contributed by atoms with Gasteiger partial charge in [-0.2, -0.15) is 0 Å². The van der Waals surface area contributed by atoms with Crippen LogP contribution < -0.4 is 0 Å². The molecule has 3 heteroatoms. The van der Waals surface area contributed by atoms with Gasteiger partial charge >= 0.3 is 5.97 Å². The highest BCUT2D eigenvalue weighted by Crippen LogP contribution is 2.39. The van der Waals surface area contributed by atoms with E-state index < -0.39 is 0 Å². The van der Waals surface area contributed by atoms with Crippen molar-refractivity contribution in [3.63, 3.8) is 0 Å². The van der Waals surface area contributed by atoms with Gasteiger partial charge in [0.15, 0.2) is 0 Å². The first kappa shape index (κ1) is 17.3. The van der Waals surface area contributed by atoms with Crippen LogP contribution in [-0.4, -0.2) is 13.1 Å². The second-order valence-electron chi connectivity index (χ2n) is 6.24. The molecule has 0 atom stereocenters. The minimum Gasteiger partial charge on any atom is -0.466 e. The number of benzene rings is 4. The molecule has 0 heterocycles. The molecule has 0 saturated heterocycles. The number of methoxy groups -OCH3 is 1. The molecule has 0 aliphatic heterocycles. The van der Waals surface area contributed by atoms with Gasteiger partial charge in [0.05, 0.1) is 7.11 Å². The summed E-state index contributed by atoms with van der Waals surface area (Å²) in [7, 11) is 1.38. The number of rotatable bonds is 3. The van der Waals surface area contributed by atoms with E-state index in [2.05, 4.69) is 24.3 Å². The molecule has 132 valence electrons. The summed E-state index contributed by atoms with van der Waals surface area (Å²) in [6, 6.07) is 24.4. The van der Waals surface area contributed by atoms with Crippen molar-refractivity contribution in [1.29, 1.82) is 0 Å². The van der Waals surface area contributed by atoms with Crippen LogP contribution in [0, 0.1) is 0 Å². The summed E-state index contributed by atoms with van der Waals surface area (Å²) in [4.78, 5) is 11.7. The Labute approximate surface area is 162 Å². The number of carbonyl (C=O) groups is 1. The lowest BCUT2D eigenvalue weighted by Crippen LogP contribution is -1.94. The SMILES string of the molecule is COC(=O)/C=C/c1c2ccccc2c(-c2ccc(Cl)cc2)c2ccccc12. The molecule has 27 heavy (non-hydrogen) atoms. The van der Waals surface area contributed by atoms with Crippen molar-refractivity contribution in [2.75, 3.05) is 7.11 Å². The van der Waals surface area contributed by atoms with Gasteiger partial charge in [0.25, 0.3) is 0 Å². The van der Waals surface area contributed by atoms with Gasteiger partial charge in [-0.15, -0.1) is 0 Å². The molecular formula is C24H17ClO2. The van der Waals surface area contributed by atoms with E-state index in [-0.39, 0.29) is 5.97 Å². The molecule has 0 fully saturated rings. The molecule has 0 unspecified atom stereocenters. The summed E-state index contributed by atoms with van der Waals surface area (Å²) in [5, 5.41) is 5.14. The summed E-state index contributed by atoms with van der Waals surface area (Å²) < 4.78 is 4.76. The number of ether oxygens (including phenoxy) is 1. The average molecular weight is 373 g/mol. The van der Waals surface area contributed by atoms with E-state index in [4.69, 9.17) is 16.3 Å². The van der Waals surface area contributed by atoms with Crippen LogP contribution in [0.4, 0.5) is 0 Å². The fraction of sp³-hybridized carbons (Fsp3) is 0.0417.